The highest BCUT2D eigenvalue weighted by Gasteiger charge is 2.36. The summed E-state index contributed by atoms with van der Waals surface area (Å²) in [5.74, 6) is 1.93. The van der Waals surface area contributed by atoms with Gasteiger partial charge in [0.25, 0.3) is 0 Å². The largest absolute Gasteiger partial charge is 0.392 e. The Hall–Kier alpha value is -1.31. The fourth-order valence-corrected chi connectivity index (χ4v) is 3.86. The Labute approximate surface area is 126 Å². The number of likely N-dealkylation sites (tertiary alicyclic amines) is 1. The summed E-state index contributed by atoms with van der Waals surface area (Å²) in [5.41, 5.74) is 1.08. The molecule has 0 bridgehead atoms. The minimum absolute atomic E-state index is 0.00715. The van der Waals surface area contributed by atoms with Gasteiger partial charge in [-0.3, -0.25) is 4.90 Å². The Bertz CT molecular complexity index is 636. The highest BCUT2D eigenvalue weighted by molar-refractivity contribution is 7.09. The summed E-state index contributed by atoms with van der Waals surface area (Å²) < 4.78 is 5.29. The van der Waals surface area contributed by atoms with E-state index in [1.54, 1.807) is 11.3 Å². The van der Waals surface area contributed by atoms with Crippen molar-refractivity contribution >= 4 is 11.3 Å². The van der Waals surface area contributed by atoms with Gasteiger partial charge in [0.1, 0.15) is 0 Å². The van der Waals surface area contributed by atoms with Crippen LogP contribution in [-0.4, -0.2) is 37.8 Å². The van der Waals surface area contributed by atoms with Crippen molar-refractivity contribution in [3.05, 3.63) is 27.8 Å². The molecule has 1 aliphatic carbocycles. The number of thiazole rings is 1. The molecule has 1 saturated carbocycles. The zero-order chi connectivity index (χ0) is 14.4. The first-order valence-corrected chi connectivity index (χ1v) is 8.23. The lowest BCUT2D eigenvalue weighted by atomic mass is 10.2. The van der Waals surface area contributed by atoms with E-state index in [2.05, 4.69) is 20.4 Å². The second kappa shape index (κ2) is 5.15. The third kappa shape index (κ3) is 2.73. The van der Waals surface area contributed by atoms with E-state index in [9.17, 15) is 5.11 Å². The number of aryl methyl sites for hydroxylation is 1. The molecule has 0 unspecified atom stereocenters. The van der Waals surface area contributed by atoms with E-state index < -0.39 is 0 Å². The molecule has 0 radical (unpaired) electrons. The fourth-order valence-electron chi connectivity index (χ4n) is 2.88. The summed E-state index contributed by atoms with van der Waals surface area (Å²) >= 11 is 1.75. The molecule has 0 amide bonds. The maximum atomic E-state index is 9.97. The monoisotopic (exact) mass is 306 g/mol. The van der Waals surface area contributed by atoms with Crippen molar-refractivity contribution < 1.29 is 9.63 Å². The quantitative estimate of drug-likeness (QED) is 0.931. The predicted molar refractivity (Wildman–Crippen MR) is 76.9 cm³/mol. The Morgan fingerprint density at radius 1 is 1.43 bits per heavy atom. The summed E-state index contributed by atoms with van der Waals surface area (Å²) in [4.78, 5) is 11.2. The highest BCUT2D eigenvalue weighted by atomic mass is 32.1. The third-order valence-electron chi connectivity index (χ3n) is 4.07. The molecule has 2 aliphatic rings. The number of rotatable bonds is 4. The van der Waals surface area contributed by atoms with Crippen LogP contribution in [0.2, 0.25) is 0 Å². The Kier molecular flexibility index (Phi) is 3.28. The minimum atomic E-state index is -0.344. The number of aliphatic hydroxyl groups is 1. The van der Waals surface area contributed by atoms with Crippen LogP contribution >= 0.6 is 11.3 Å². The Balaban J connectivity index is 1.51. The molecule has 6 nitrogen and oxygen atoms in total. The van der Waals surface area contributed by atoms with Gasteiger partial charge in [0, 0.05) is 24.4 Å². The number of nitrogens with zero attached hydrogens (tertiary/aromatic N) is 4. The van der Waals surface area contributed by atoms with Gasteiger partial charge in [0.05, 0.1) is 22.8 Å². The molecule has 7 heteroatoms. The Morgan fingerprint density at radius 2 is 2.29 bits per heavy atom. The molecular weight excluding hydrogens is 288 g/mol. The molecule has 4 rings (SSSR count). The first-order chi connectivity index (χ1) is 10.2. The van der Waals surface area contributed by atoms with Crippen molar-refractivity contribution in [2.45, 2.75) is 50.8 Å². The molecule has 2 aromatic heterocycles. The van der Waals surface area contributed by atoms with Crippen LogP contribution in [0.5, 0.6) is 0 Å². The van der Waals surface area contributed by atoms with E-state index in [0.29, 0.717) is 30.6 Å². The van der Waals surface area contributed by atoms with Gasteiger partial charge in [-0.25, -0.2) is 4.98 Å². The van der Waals surface area contributed by atoms with Crippen molar-refractivity contribution in [3.63, 3.8) is 0 Å². The molecule has 2 fully saturated rings. The van der Waals surface area contributed by atoms with Crippen LogP contribution in [0, 0.1) is 6.92 Å². The topological polar surface area (TPSA) is 75.3 Å². The lowest BCUT2D eigenvalue weighted by Gasteiger charge is -2.19. The van der Waals surface area contributed by atoms with Crippen LogP contribution in [0.25, 0.3) is 0 Å². The number of aromatic nitrogens is 3. The summed E-state index contributed by atoms with van der Waals surface area (Å²) in [7, 11) is 0. The minimum Gasteiger partial charge on any atom is -0.392 e. The van der Waals surface area contributed by atoms with Gasteiger partial charge in [0.2, 0.25) is 5.89 Å². The van der Waals surface area contributed by atoms with Crippen molar-refractivity contribution in [1.82, 2.24) is 20.0 Å². The normalized spacial score (nSPS) is 26.6. The van der Waals surface area contributed by atoms with Crippen molar-refractivity contribution in [2.24, 2.45) is 0 Å². The van der Waals surface area contributed by atoms with Gasteiger partial charge in [-0.2, -0.15) is 4.98 Å². The number of hydrogen-bond acceptors (Lipinski definition) is 7. The van der Waals surface area contributed by atoms with Crippen LogP contribution < -0.4 is 0 Å². The van der Waals surface area contributed by atoms with E-state index in [1.165, 1.54) is 17.8 Å². The number of hydrogen-bond donors (Lipinski definition) is 1. The molecule has 2 aromatic rings. The first kappa shape index (κ1) is 13.4. The van der Waals surface area contributed by atoms with Crippen LogP contribution in [0.15, 0.2) is 9.90 Å². The zero-order valence-corrected chi connectivity index (χ0v) is 12.7. The average Bonchev–Trinajstić information content (AvgIpc) is 2.87. The zero-order valence-electron chi connectivity index (χ0n) is 11.9. The molecule has 1 aliphatic heterocycles. The van der Waals surface area contributed by atoms with Gasteiger partial charge in [0.15, 0.2) is 5.82 Å². The van der Waals surface area contributed by atoms with Gasteiger partial charge in [-0.05, 0) is 26.2 Å². The van der Waals surface area contributed by atoms with E-state index in [4.69, 9.17) is 9.51 Å². The molecular formula is C14H18N4O2S. The van der Waals surface area contributed by atoms with Gasteiger partial charge >= 0.3 is 0 Å². The van der Waals surface area contributed by atoms with Crippen LogP contribution in [0.3, 0.4) is 0 Å². The third-order valence-corrected chi connectivity index (χ3v) is 5.13. The van der Waals surface area contributed by atoms with E-state index in [-0.39, 0.29) is 12.1 Å². The smallest absolute Gasteiger partial charge is 0.244 e. The lowest BCUT2D eigenvalue weighted by molar-refractivity contribution is 0.168. The summed E-state index contributed by atoms with van der Waals surface area (Å²) in [5, 5.41) is 17.2. The van der Waals surface area contributed by atoms with E-state index >= 15 is 0 Å². The van der Waals surface area contributed by atoms with Crippen molar-refractivity contribution in [2.75, 3.05) is 6.54 Å². The van der Waals surface area contributed by atoms with Crippen molar-refractivity contribution in [3.8, 4) is 0 Å². The lowest BCUT2D eigenvalue weighted by Crippen LogP contribution is -2.24. The summed E-state index contributed by atoms with van der Waals surface area (Å²) in [6, 6.07) is -0.00715. The van der Waals surface area contributed by atoms with Crippen LogP contribution in [0.4, 0.5) is 0 Å². The van der Waals surface area contributed by atoms with Crippen LogP contribution in [0.1, 0.15) is 53.6 Å². The first-order valence-electron chi connectivity index (χ1n) is 7.35. The maximum absolute atomic E-state index is 9.97. The molecule has 1 N–H and O–H groups in total. The molecule has 112 valence electrons. The molecule has 1 saturated heterocycles. The average molecular weight is 306 g/mol. The SMILES string of the molecule is Cc1noc([C@H]2C[C@@H](O)CN2Cc2csc(C3CC3)n2)n1. The van der Waals surface area contributed by atoms with Gasteiger partial charge in [-0.15, -0.1) is 11.3 Å². The molecule has 0 aromatic carbocycles. The number of β-amino-alcohol motifs (C(OH)–C–C–N with tert-alkyl or cyclic N) is 1. The van der Waals surface area contributed by atoms with Gasteiger partial charge in [-0.1, -0.05) is 5.16 Å². The number of aliphatic hydroxyl groups excluding tert-OH is 1. The molecule has 21 heavy (non-hydrogen) atoms. The maximum Gasteiger partial charge on any atom is 0.244 e. The highest BCUT2D eigenvalue weighted by Crippen LogP contribution is 2.41. The van der Waals surface area contributed by atoms with E-state index in [1.807, 2.05) is 6.92 Å². The summed E-state index contributed by atoms with van der Waals surface area (Å²) in [6.45, 7) is 3.17. The molecule has 2 atom stereocenters. The standard InChI is InChI=1S/C14H18N4O2S/c1-8-15-13(20-17-8)12-4-11(19)6-18(12)5-10-7-21-14(16-10)9-2-3-9/h7,9,11-12,19H,2-6H2,1H3/t11-,12-/m1/s1. The second-order valence-electron chi connectivity index (χ2n) is 5.97. The van der Waals surface area contributed by atoms with E-state index in [0.717, 1.165) is 12.2 Å². The van der Waals surface area contributed by atoms with Crippen molar-refractivity contribution in [1.29, 1.82) is 0 Å². The summed E-state index contributed by atoms with van der Waals surface area (Å²) in [6.07, 6.45) is 2.85. The fraction of sp³-hybridized carbons (Fsp3) is 0.643. The predicted octanol–water partition coefficient (Wildman–Crippen LogP) is 2.02. The van der Waals surface area contributed by atoms with Gasteiger partial charge < -0.3 is 9.63 Å². The molecule has 3 heterocycles. The second-order valence-corrected chi connectivity index (χ2v) is 6.86. The Morgan fingerprint density at radius 3 is 3.00 bits per heavy atom. The van der Waals surface area contributed by atoms with Crippen LogP contribution in [-0.2, 0) is 6.54 Å². The molecule has 0 spiro atoms.